The number of nitrogens with zero attached hydrogens (tertiary/aromatic N) is 2. The van der Waals surface area contributed by atoms with E-state index in [1.807, 2.05) is 6.07 Å². The molecule has 1 N–H and O–H groups in total. The molecule has 0 atom stereocenters. The van der Waals surface area contributed by atoms with Crippen LogP contribution in [-0.4, -0.2) is 10.9 Å². The largest absolute Gasteiger partial charge is 0.321 e. The van der Waals surface area contributed by atoms with Gasteiger partial charge in [0.2, 0.25) is 5.95 Å². The first-order valence-corrected chi connectivity index (χ1v) is 6.02. The molecule has 1 heterocycles. The van der Waals surface area contributed by atoms with Gasteiger partial charge in [-0.25, -0.2) is 4.98 Å². The van der Waals surface area contributed by atoms with Gasteiger partial charge in [-0.05, 0) is 46.3 Å². The molecule has 1 aromatic heterocycles. The molecule has 0 saturated carbocycles. The van der Waals surface area contributed by atoms with Gasteiger partial charge in [0.1, 0.15) is 0 Å². The number of hydrogen-bond donors (Lipinski definition) is 1. The molecule has 0 aliphatic heterocycles. The molecule has 0 saturated heterocycles. The van der Waals surface area contributed by atoms with Gasteiger partial charge in [0.05, 0.1) is 22.9 Å². The fourth-order valence-electron chi connectivity index (χ4n) is 1.43. The topological polar surface area (TPSA) is 65.8 Å². The molecule has 0 radical (unpaired) electrons. The maximum atomic E-state index is 13.3. The van der Waals surface area contributed by atoms with Crippen molar-refractivity contribution in [1.29, 1.82) is 5.26 Å². The van der Waals surface area contributed by atoms with Crippen LogP contribution in [0.3, 0.4) is 0 Å². The second kappa shape index (κ2) is 5.59. The van der Waals surface area contributed by atoms with E-state index >= 15 is 0 Å². The monoisotopic (exact) mass is 319 g/mol. The summed E-state index contributed by atoms with van der Waals surface area (Å²) < 4.78 is 13.9. The highest BCUT2D eigenvalue weighted by molar-refractivity contribution is 9.10. The normalized spacial score (nSPS) is 9.74. The fraction of sp³-hybridized carbons (Fsp3) is 0. The van der Waals surface area contributed by atoms with Crippen LogP contribution in [0.5, 0.6) is 0 Å². The molecule has 1 aromatic carbocycles. The predicted molar refractivity (Wildman–Crippen MR) is 71.0 cm³/mol. The molecule has 94 valence electrons. The Morgan fingerprint density at radius 2 is 2.21 bits per heavy atom. The van der Waals surface area contributed by atoms with Gasteiger partial charge in [-0.2, -0.15) is 9.65 Å². The van der Waals surface area contributed by atoms with Crippen LogP contribution in [0.4, 0.5) is 10.1 Å². The summed E-state index contributed by atoms with van der Waals surface area (Å²) in [6.45, 7) is 0. The van der Waals surface area contributed by atoms with E-state index in [1.165, 1.54) is 18.3 Å². The van der Waals surface area contributed by atoms with E-state index in [1.54, 1.807) is 18.2 Å². The first-order chi connectivity index (χ1) is 9.11. The highest BCUT2D eigenvalue weighted by Crippen LogP contribution is 2.24. The number of pyridine rings is 1. The van der Waals surface area contributed by atoms with E-state index in [-0.39, 0.29) is 5.56 Å². The van der Waals surface area contributed by atoms with E-state index in [9.17, 15) is 9.18 Å². The number of halogens is 2. The van der Waals surface area contributed by atoms with Crippen LogP contribution in [-0.2, 0) is 0 Å². The molecule has 6 heteroatoms. The van der Waals surface area contributed by atoms with E-state index in [0.29, 0.717) is 15.7 Å². The molecule has 0 spiro atoms. The Kier molecular flexibility index (Phi) is 3.88. The first-order valence-electron chi connectivity index (χ1n) is 5.23. The van der Waals surface area contributed by atoms with Crippen LogP contribution in [0, 0.1) is 17.3 Å². The maximum absolute atomic E-state index is 13.3. The van der Waals surface area contributed by atoms with Gasteiger partial charge in [0, 0.05) is 10.7 Å². The number of nitrogens with one attached hydrogen (secondary N) is 1. The van der Waals surface area contributed by atoms with Crippen molar-refractivity contribution in [2.45, 2.75) is 0 Å². The third-order valence-electron chi connectivity index (χ3n) is 2.35. The zero-order chi connectivity index (χ0) is 13.8. The van der Waals surface area contributed by atoms with Gasteiger partial charge in [-0.3, -0.25) is 4.79 Å². The Balaban J connectivity index is 2.25. The van der Waals surface area contributed by atoms with Crippen LogP contribution in [0.2, 0.25) is 0 Å². The Labute approximate surface area is 117 Å². The van der Waals surface area contributed by atoms with Crippen molar-refractivity contribution in [2.24, 2.45) is 0 Å². The lowest BCUT2D eigenvalue weighted by Gasteiger charge is -2.07. The van der Waals surface area contributed by atoms with E-state index in [2.05, 4.69) is 26.2 Å². The van der Waals surface area contributed by atoms with Gasteiger partial charge >= 0.3 is 0 Å². The molecular weight excluding hydrogens is 313 g/mol. The fourth-order valence-corrected chi connectivity index (χ4v) is 1.91. The summed E-state index contributed by atoms with van der Waals surface area (Å²) in [4.78, 5) is 15.3. The smallest absolute Gasteiger partial charge is 0.260 e. The Hall–Kier alpha value is -2.26. The zero-order valence-corrected chi connectivity index (χ0v) is 11.1. The summed E-state index contributed by atoms with van der Waals surface area (Å²) in [7, 11) is 0. The summed E-state index contributed by atoms with van der Waals surface area (Å²) in [6.07, 6.45) is 1.27. The van der Waals surface area contributed by atoms with Crippen molar-refractivity contribution in [3.8, 4) is 6.07 Å². The quantitative estimate of drug-likeness (QED) is 0.865. The minimum Gasteiger partial charge on any atom is -0.321 e. The molecule has 1 amide bonds. The lowest BCUT2D eigenvalue weighted by Crippen LogP contribution is -2.14. The number of amides is 1. The van der Waals surface area contributed by atoms with E-state index in [0.717, 1.165) is 0 Å². The summed E-state index contributed by atoms with van der Waals surface area (Å²) in [5, 5.41) is 11.3. The minimum atomic E-state index is -0.829. The SMILES string of the molecule is N#Cc1ccc(NC(=O)c2cccnc2F)c(Br)c1. The first kappa shape index (κ1) is 13.2. The lowest BCUT2D eigenvalue weighted by molar-refractivity contribution is 0.102. The van der Waals surface area contributed by atoms with Crippen LogP contribution in [0.25, 0.3) is 0 Å². The van der Waals surface area contributed by atoms with Gasteiger partial charge in [-0.1, -0.05) is 0 Å². The maximum Gasteiger partial charge on any atom is 0.260 e. The molecule has 0 unspecified atom stereocenters. The standard InChI is InChI=1S/C13H7BrFN3O/c14-10-6-8(7-16)3-4-11(10)18-13(19)9-2-1-5-17-12(9)15/h1-6H,(H,18,19). The average molecular weight is 320 g/mol. The number of carbonyl (C=O) groups excluding carboxylic acids is 1. The van der Waals surface area contributed by atoms with Gasteiger partial charge < -0.3 is 5.32 Å². The van der Waals surface area contributed by atoms with Crippen molar-refractivity contribution in [3.63, 3.8) is 0 Å². The van der Waals surface area contributed by atoms with Crippen molar-refractivity contribution < 1.29 is 9.18 Å². The molecule has 0 aliphatic carbocycles. The summed E-state index contributed by atoms with van der Waals surface area (Å²) in [5.74, 6) is -1.43. The highest BCUT2D eigenvalue weighted by atomic mass is 79.9. The van der Waals surface area contributed by atoms with Gasteiger partial charge in [0.15, 0.2) is 0 Å². The number of benzene rings is 1. The Morgan fingerprint density at radius 3 is 2.84 bits per heavy atom. The molecule has 4 nitrogen and oxygen atoms in total. The second-order valence-corrected chi connectivity index (χ2v) is 4.46. The van der Waals surface area contributed by atoms with Crippen LogP contribution >= 0.6 is 15.9 Å². The summed E-state index contributed by atoms with van der Waals surface area (Å²) >= 11 is 3.23. The Bertz CT molecular complexity index is 682. The summed E-state index contributed by atoms with van der Waals surface area (Å²) in [6, 6.07) is 9.48. The molecule has 2 aromatic rings. The average Bonchev–Trinajstić information content (AvgIpc) is 2.41. The summed E-state index contributed by atoms with van der Waals surface area (Å²) in [5.41, 5.74) is 0.767. The third-order valence-corrected chi connectivity index (χ3v) is 3.01. The number of aromatic nitrogens is 1. The number of carbonyl (C=O) groups is 1. The lowest BCUT2D eigenvalue weighted by atomic mass is 10.2. The van der Waals surface area contributed by atoms with Crippen molar-refractivity contribution in [3.05, 3.63) is 58.1 Å². The number of hydrogen-bond acceptors (Lipinski definition) is 3. The van der Waals surface area contributed by atoms with E-state index < -0.39 is 11.9 Å². The van der Waals surface area contributed by atoms with Crippen molar-refractivity contribution in [1.82, 2.24) is 4.98 Å². The van der Waals surface area contributed by atoms with Gasteiger partial charge in [0.25, 0.3) is 5.91 Å². The highest BCUT2D eigenvalue weighted by Gasteiger charge is 2.13. The number of rotatable bonds is 2. The van der Waals surface area contributed by atoms with Crippen molar-refractivity contribution in [2.75, 3.05) is 5.32 Å². The molecule has 0 fully saturated rings. The Morgan fingerprint density at radius 1 is 1.42 bits per heavy atom. The second-order valence-electron chi connectivity index (χ2n) is 3.60. The van der Waals surface area contributed by atoms with Crippen molar-refractivity contribution >= 4 is 27.5 Å². The number of nitriles is 1. The number of anilines is 1. The zero-order valence-electron chi connectivity index (χ0n) is 9.52. The van der Waals surface area contributed by atoms with Crippen LogP contribution < -0.4 is 5.32 Å². The molecule has 19 heavy (non-hydrogen) atoms. The molecule has 0 bridgehead atoms. The van der Waals surface area contributed by atoms with Crippen LogP contribution in [0.15, 0.2) is 41.0 Å². The molecular formula is C13H7BrFN3O. The predicted octanol–water partition coefficient (Wildman–Crippen LogP) is 3.11. The minimum absolute atomic E-state index is 0.140. The van der Waals surface area contributed by atoms with E-state index in [4.69, 9.17) is 5.26 Å². The molecule has 0 aliphatic rings. The third kappa shape index (κ3) is 2.95. The van der Waals surface area contributed by atoms with Gasteiger partial charge in [-0.15, -0.1) is 0 Å². The molecule has 2 rings (SSSR count). The van der Waals surface area contributed by atoms with Crippen LogP contribution in [0.1, 0.15) is 15.9 Å².